The Hall–Kier alpha value is -1.86. The highest BCUT2D eigenvalue weighted by Crippen LogP contribution is 2.41. The number of hydrogen-bond acceptors (Lipinski definition) is 6. The maximum absolute atomic E-state index is 11.0. The summed E-state index contributed by atoms with van der Waals surface area (Å²) in [6.45, 7) is 0. The van der Waals surface area contributed by atoms with Crippen molar-refractivity contribution in [2.45, 2.75) is 43.9 Å². The van der Waals surface area contributed by atoms with E-state index < -0.39 is 4.92 Å². The number of nitrogens with zero attached hydrogens (tertiary/aromatic N) is 2. The zero-order chi connectivity index (χ0) is 14.3. The fourth-order valence-electron chi connectivity index (χ4n) is 3.50. The molecule has 4 N–H and O–H groups in total. The molecule has 1 aromatic carbocycles. The number of hydrogen-bond donors (Lipinski definition) is 3. The number of piperidine rings is 1. The number of aliphatic hydroxyl groups excluding tert-OH is 1. The molecular weight excluding hydrogens is 260 g/mol. The highest BCUT2D eigenvalue weighted by Gasteiger charge is 2.40. The summed E-state index contributed by atoms with van der Waals surface area (Å²) in [5, 5.41) is 20.8. The summed E-state index contributed by atoms with van der Waals surface area (Å²) < 4.78 is 0. The summed E-state index contributed by atoms with van der Waals surface area (Å²) in [5.74, 6) is 5.39. The summed E-state index contributed by atoms with van der Waals surface area (Å²) in [7, 11) is 0. The zero-order valence-electron chi connectivity index (χ0n) is 11.0. The van der Waals surface area contributed by atoms with Gasteiger partial charge in [-0.1, -0.05) is 0 Å². The monoisotopic (exact) mass is 278 g/mol. The summed E-state index contributed by atoms with van der Waals surface area (Å²) in [5.41, 5.74) is 3.85. The van der Waals surface area contributed by atoms with E-state index in [0.717, 1.165) is 31.4 Å². The van der Waals surface area contributed by atoms with Gasteiger partial charge in [-0.05, 0) is 31.7 Å². The first-order valence-corrected chi connectivity index (χ1v) is 6.81. The highest BCUT2D eigenvalue weighted by molar-refractivity contribution is 5.65. The largest absolute Gasteiger partial charge is 0.393 e. The van der Waals surface area contributed by atoms with Crippen LogP contribution in [0.3, 0.4) is 0 Å². The smallest absolute Gasteiger partial charge is 0.273 e. The van der Waals surface area contributed by atoms with Crippen molar-refractivity contribution in [3.05, 3.63) is 28.3 Å². The SMILES string of the molecule is NNc1cc(N2C3CCC2CC(O)C3)cc([N+](=O)[O-])c1. The Balaban J connectivity index is 1.98. The molecule has 0 saturated carbocycles. The molecule has 3 rings (SSSR count). The molecule has 2 bridgehead atoms. The lowest BCUT2D eigenvalue weighted by Gasteiger charge is -2.39. The van der Waals surface area contributed by atoms with E-state index in [4.69, 9.17) is 5.84 Å². The van der Waals surface area contributed by atoms with Crippen molar-refractivity contribution in [3.63, 3.8) is 0 Å². The predicted molar refractivity (Wildman–Crippen MR) is 75.4 cm³/mol. The van der Waals surface area contributed by atoms with E-state index in [9.17, 15) is 15.2 Å². The van der Waals surface area contributed by atoms with Crippen molar-refractivity contribution in [2.75, 3.05) is 10.3 Å². The van der Waals surface area contributed by atoms with Gasteiger partial charge in [0.05, 0.1) is 16.7 Å². The molecule has 0 amide bonds. The summed E-state index contributed by atoms with van der Waals surface area (Å²) in [4.78, 5) is 12.8. The third kappa shape index (κ3) is 2.19. The van der Waals surface area contributed by atoms with Crippen LogP contribution < -0.4 is 16.2 Å². The number of nitro groups is 1. The number of rotatable bonds is 3. The van der Waals surface area contributed by atoms with E-state index in [1.807, 2.05) is 6.07 Å². The van der Waals surface area contributed by atoms with Gasteiger partial charge in [0.2, 0.25) is 0 Å². The molecule has 1 aromatic rings. The lowest BCUT2D eigenvalue weighted by Crippen LogP contribution is -2.44. The first-order valence-electron chi connectivity index (χ1n) is 6.81. The number of non-ortho nitro benzene ring substituents is 1. The van der Waals surface area contributed by atoms with Crippen molar-refractivity contribution in [2.24, 2.45) is 5.84 Å². The molecule has 2 fully saturated rings. The second-order valence-corrected chi connectivity index (χ2v) is 5.56. The summed E-state index contributed by atoms with van der Waals surface area (Å²) >= 11 is 0. The molecule has 2 saturated heterocycles. The Morgan fingerprint density at radius 1 is 1.30 bits per heavy atom. The van der Waals surface area contributed by atoms with Crippen LogP contribution in [0.5, 0.6) is 0 Å². The van der Waals surface area contributed by atoms with Gasteiger partial charge < -0.3 is 15.4 Å². The van der Waals surface area contributed by atoms with Crippen molar-refractivity contribution < 1.29 is 10.0 Å². The van der Waals surface area contributed by atoms with Crippen LogP contribution in [-0.4, -0.2) is 28.2 Å². The fourth-order valence-corrected chi connectivity index (χ4v) is 3.50. The Labute approximate surface area is 116 Å². The number of nitrogen functional groups attached to an aromatic ring is 1. The molecule has 2 atom stereocenters. The lowest BCUT2D eigenvalue weighted by atomic mass is 9.99. The third-order valence-electron chi connectivity index (χ3n) is 4.29. The molecule has 2 unspecified atom stereocenters. The molecule has 7 nitrogen and oxygen atoms in total. The van der Waals surface area contributed by atoms with Gasteiger partial charge in [-0.2, -0.15) is 0 Å². The van der Waals surface area contributed by atoms with E-state index >= 15 is 0 Å². The van der Waals surface area contributed by atoms with Crippen LogP contribution in [0, 0.1) is 10.1 Å². The van der Waals surface area contributed by atoms with Gasteiger partial charge in [-0.3, -0.25) is 16.0 Å². The van der Waals surface area contributed by atoms with Gasteiger partial charge in [0.25, 0.3) is 5.69 Å². The second-order valence-electron chi connectivity index (χ2n) is 5.56. The number of nitrogens with one attached hydrogen (secondary N) is 1. The molecule has 7 heteroatoms. The molecule has 0 spiro atoms. The molecule has 108 valence electrons. The lowest BCUT2D eigenvalue weighted by molar-refractivity contribution is -0.384. The molecule has 2 aliphatic rings. The van der Waals surface area contributed by atoms with Crippen LogP contribution >= 0.6 is 0 Å². The zero-order valence-corrected chi connectivity index (χ0v) is 11.0. The Morgan fingerprint density at radius 3 is 2.50 bits per heavy atom. The van der Waals surface area contributed by atoms with Gasteiger partial charge in [0, 0.05) is 29.9 Å². The maximum Gasteiger partial charge on any atom is 0.273 e. The standard InChI is InChI=1S/C13H18N4O3/c14-15-8-3-11(5-12(4-8)17(19)20)16-9-1-2-10(16)7-13(18)6-9/h3-5,9-10,13,15,18H,1-2,6-7,14H2. The number of fused-ring (bicyclic) bond motifs is 2. The average molecular weight is 278 g/mol. The van der Waals surface area contributed by atoms with Crippen LogP contribution in [0.25, 0.3) is 0 Å². The van der Waals surface area contributed by atoms with Crippen LogP contribution in [0.2, 0.25) is 0 Å². The van der Waals surface area contributed by atoms with Gasteiger partial charge in [0.15, 0.2) is 0 Å². The van der Waals surface area contributed by atoms with Crippen LogP contribution in [0.15, 0.2) is 18.2 Å². The normalized spacial score (nSPS) is 28.5. The summed E-state index contributed by atoms with van der Waals surface area (Å²) in [6.07, 6.45) is 3.25. The predicted octanol–water partition coefficient (Wildman–Crippen LogP) is 1.37. The minimum Gasteiger partial charge on any atom is -0.393 e. The first-order chi connectivity index (χ1) is 9.58. The molecule has 2 heterocycles. The maximum atomic E-state index is 11.0. The molecular formula is C13H18N4O3. The number of hydrazine groups is 1. The van der Waals surface area contributed by atoms with Crippen LogP contribution in [0.4, 0.5) is 17.1 Å². The Morgan fingerprint density at radius 2 is 1.95 bits per heavy atom. The van der Waals surface area contributed by atoms with Crippen molar-refractivity contribution >= 4 is 17.1 Å². The number of nitrogens with two attached hydrogens (primary N) is 1. The second kappa shape index (κ2) is 4.92. The van der Waals surface area contributed by atoms with Crippen LogP contribution in [0.1, 0.15) is 25.7 Å². The van der Waals surface area contributed by atoms with E-state index in [1.165, 1.54) is 6.07 Å². The van der Waals surface area contributed by atoms with Gasteiger partial charge >= 0.3 is 0 Å². The molecule has 0 aromatic heterocycles. The van der Waals surface area contributed by atoms with Crippen molar-refractivity contribution in [1.82, 2.24) is 0 Å². The number of benzene rings is 1. The van der Waals surface area contributed by atoms with Crippen molar-refractivity contribution in [3.8, 4) is 0 Å². The Kier molecular flexibility index (Phi) is 3.23. The molecule has 0 radical (unpaired) electrons. The Bertz CT molecular complexity index is 522. The van der Waals surface area contributed by atoms with Gasteiger partial charge in [0.1, 0.15) is 0 Å². The minimum absolute atomic E-state index is 0.0287. The van der Waals surface area contributed by atoms with E-state index in [0.29, 0.717) is 5.69 Å². The fraction of sp³-hybridized carbons (Fsp3) is 0.538. The molecule has 0 aliphatic carbocycles. The highest BCUT2D eigenvalue weighted by atomic mass is 16.6. The minimum atomic E-state index is -0.412. The molecule has 20 heavy (non-hydrogen) atoms. The average Bonchev–Trinajstić information content (AvgIpc) is 2.70. The van der Waals surface area contributed by atoms with Crippen molar-refractivity contribution in [1.29, 1.82) is 0 Å². The number of aliphatic hydroxyl groups is 1. The van der Waals surface area contributed by atoms with Crippen LogP contribution in [-0.2, 0) is 0 Å². The van der Waals surface area contributed by atoms with E-state index in [1.54, 1.807) is 6.07 Å². The van der Waals surface area contributed by atoms with E-state index in [-0.39, 0.29) is 23.9 Å². The summed E-state index contributed by atoms with van der Waals surface area (Å²) in [6, 6.07) is 5.36. The van der Waals surface area contributed by atoms with E-state index in [2.05, 4.69) is 10.3 Å². The number of nitro benzene ring substituents is 1. The quantitative estimate of drug-likeness (QED) is 0.438. The first kappa shape index (κ1) is 13.1. The topological polar surface area (TPSA) is 105 Å². The molecule has 2 aliphatic heterocycles. The van der Waals surface area contributed by atoms with Gasteiger partial charge in [-0.25, -0.2) is 0 Å². The van der Waals surface area contributed by atoms with Gasteiger partial charge in [-0.15, -0.1) is 0 Å². The third-order valence-corrected chi connectivity index (χ3v) is 4.29. The number of anilines is 2.